The minimum Gasteiger partial charge on any atom is -0.480 e. The fourth-order valence-electron chi connectivity index (χ4n) is 2.46. The molecule has 7 heteroatoms. The molecule has 2 rings (SSSR count). The van der Waals surface area contributed by atoms with E-state index >= 15 is 0 Å². The minimum absolute atomic E-state index is 0.00139. The zero-order valence-electron chi connectivity index (χ0n) is 14.8. The lowest BCUT2D eigenvalue weighted by atomic mass is 9.88. The molecule has 0 spiro atoms. The van der Waals surface area contributed by atoms with Crippen molar-refractivity contribution < 1.29 is 14.7 Å². The number of carbonyl (C=O) groups is 2. The highest BCUT2D eigenvalue weighted by atomic mass is 16.4. The Morgan fingerprint density at radius 3 is 2.58 bits per heavy atom. The zero-order valence-corrected chi connectivity index (χ0v) is 14.8. The lowest BCUT2D eigenvalue weighted by molar-refractivity contribution is -0.139. The number of nitrogens with one attached hydrogen (secondary N) is 1. The van der Waals surface area contributed by atoms with Crippen molar-refractivity contribution >= 4 is 17.5 Å². The van der Waals surface area contributed by atoms with Crippen molar-refractivity contribution in [2.75, 3.05) is 0 Å². The van der Waals surface area contributed by atoms with Crippen molar-refractivity contribution in [2.24, 2.45) is 5.41 Å². The van der Waals surface area contributed by atoms with Gasteiger partial charge in [0.2, 0.25) is 0 Å². The van der Waals surface area contributed by atoms with Gasteiger partial charge >= 0.3 is 5.97 Å². The number of rotatable bonds is 5. The van der Waals surface area contributed by atoms with Crippen LogP contribution in [-0.2, 0) is 4.79 Å². The normalized spacial score (nSPS) is 13.0. The molecule has 1 atom stereocenters. The van der Waals surface area contributed by atoms with Gasteiger partial charge in [-0.05, 0) is 32.1 Å². The van der Waals surface area contributed by atoms with Crippen molar-refractivity contribution in [3.8, 4) is 0 Å². The second-order valence-corrected chi connectivity index (χ2v) is 7.28. The largest absolute Gasteiger partial charge is 0.480 e. The van der Waals surface area contributed by atoms with Crippen LogP contribution in [0.2, 0.25) is 0 Å². The van der Waals surface area contributed by atoms with Crippen molar-refractivity contribution in [3.05, 3.63) is 29.2 Å². The maximum Gasteiger partial charge on any atom is 0.326 e. The van der Waals surface area contributed by atoms with Crippen molar-refractivity contribution in [1.82, 2.24) is 19.9 Å². The first kappa shape index (κ1) is 17.9. The summed E-state index contributed by atoms with van der Waals surface area (Å²) in [6.07, 6.45) is 2.53. The zero-order chi connectivity index (χ0) is 18.1. The van der Waals surface area contributed by atoms with Gasteiger partial charge in [0, 0.05) is 12.3 Å². The van der Waals surface area contributed by atoms with Crippen molar-refractivity contribution in [1.29, 1.82) is 0 Å². The molecule has 130 valence electrons. The molecule has 2 aromatic rings. The number of amides is 1. The Kier molecular flexibility index (Phi) is 4.91. The van der Waals surface area contributed by atoms with Crippen molar-refractivity contribution in [3.63, 3.8) is 0 Å². The molecule has 2 heterocycles. The average Bonchev–Trinajstić information content (AvgIpc) is 2.83. The molecule has 0 saturated heterocycles. The first-order chi connectivity index (χ1) is 11.1. The van der Waals surface area contributed by atoms with E-state index in [0.29, 0.717) is 29.7 Å². The summed E-state index contributed by atoms with van der Waals surface area (Å²) in [7, 11) is 0. The second-order valence-electron chi connectivity index (χ2n) is 7.28. The van der Waals surface area contributed by atoms with Gasteiger partial charge in [-0.15, -0.1) is 0 Å². The van der Waals surface area contributed by atoms with Gasteiger partial charge in [-0.25, -0.2) is 14.3 Å². The minimum atomic E-state index is -1.03. The molecule has 2 aromatic heterocycles. The van der Waals surface area contributed by atoms with Gasteiger partial charge < -0.3 is 10.4 Å². The number of hydrogen-bond donors (Lipinski definition) is 2. The van der Waals surface area contributed by atoms with E-state index in [1.54, 1.807) is 11.4 Å². The summed E-state index contributed by atoms with van der Waals surface area (Å²) in [4.78, 5) is 28.1. The van der Waals surface area contributed by atoms with Crippen LogP contribution in [0.4, 0.5) is 0 Å². The molecule has 2 N–H and O–H groups in total. The van der Waals surface area contributed by atoms with Crippen LogP contribution in [0.25, 0.3) is 5.65 Å². The third kappa shape index (κ3) is 4.10. The number of carboxylic acids is 1. The molecule has 0 aromatic carbocycles. The Balaban J connectivity index is 2.20. The van der Waals surface area contributed by atoms with E-state index in [-0.39, 0.29) is 5.41 Å². The second kappa shape index (κ2) is 6.59. The highest BCUT2D eigenvalue weighted by Gasteiger charge is 2.24. The number of hydrogen-bond acceptors (Lipinski definition) is 4. The Bertz CT molecular complexity index is 774. The van der Waals surface area contributed by atoms with Crippen LogP contribution in [0.3, 0.4) is 0 Å². The van der Waals surface area contributed by atoms with E-state index in [9.17, 15) is 14.7 Å². The third-order valence-corrected chi connectivity index (χ3v) is 3.88. The van der Waals surface area contributed by atoms with Crippen LogP contribution in [0.5, 0.6) is 0 Å². The van der Waals surface area contributed by atoms with E-state index < -0.39 is 17.9 Å². The standard InChI is InChI=1S/C17H24N4O3/c1-10-8-14-18-9-12(11(2)21(14)20-10)15(22)19-13(16(23)24)6-7-17(3,4)5/h8-9,13H,6-7H2,1-5H3,(H,19,22)(H,23,24). The van der Waals surface area contributed by atoms with Crippen LogP contribution in [-0.4, -0.2) is 37.6 Å². The molecule has 1 amide bonds. The lowest BCUT2D eigenvalue weighted by Gasteiger charge is -2.21. The Labute approximate surface area is 141 Å². The summed E-state index contributed by atoms with van der Waals surface area (Å²) in [5.74, 6) is -1.48. The summed E-state index contributed by atoms with van der Waals surface area (Å²) < 4.78 is 1.59. The highest BCUT2D eigenvalue weighted by Crippen LogP contribution is 2.22. The fraction of sp³-hybridized carbons (Fsp3) is 0.529. The molecule has 24 heavy (non-hydrogen) atoms. The SMILES string of the molecule is Cc1cc2ncc(C(=O)NC(CCC(C)(C)C)C(=O)O)c(C)n2n1. The van der Waals surface area contributed by atoms with Gasteiger partial charge in [-0.2, -0.15) is 5.10 Å². The number of nitrogens with zero attached hydrogens (tertiary/aromatic N) is 3. The van der Waals surface area contributed by atoms with Crippen LogP contribution in [0.1, 0.15) is 55.4 Å². The molecule has 7 nitrogen and oxygen atoms in total. The summed E-state index contributed by atoms with van der Waals surface area (Å²) in [5.41, 5.74) is 2.42. The maximum absolute atomic E-state index is 12.5. The first-order valence-corrected chi connectivity index (χ1v) is 7.94. The molecule has 1 unspecified atom stereocenters. The van der Waals surface area contributed by atoms with E-state index in [2.05, 4.69) is 15.4 Å². The number of aromatic nitrogens is 3. The Morgan fingerprint density at radius 1 is 1.33 bits per heavy atom. The van der Waals surface area contributed by atoms with Gasteiger partial charge in [0.1, 0.15) is 6.04 Å². The Morgan fingerprint density at radius 2 is 2.00 bits per heavy atom. The molecule has 0 radical (unpaired) electrons. The lowest BCUT2D eigenvalue weighted by Crippen LogP contribution is -2.41. The summed E-state index contributed by atoms with van der Waals surface area (Å²) in [6, 6.07) is 0.893. The summed E-state index contributed by atoms with van der Waals surface area (Å²) in [5, 5.41) is 16.3. The van der Waals surface area contributed by atoms with Gasteiger partial charge in [0.25, 0.3) is 5.91 Å². The molecular weight excluding hydrogens is 308 g/mol. The number of carboxylic acid groups (broad SMARTS) is 1. The van der Waals surface area contributed by atoms with Crippen LogP contribution in [0.15, 0.2) is 12.3 Å². The topological polar surface area (TPSA) is 96.6 Å². The first-order valence-electron chi connectivity index (χ1n) is 7.94. The van der Waals surface area contributed by atoms with E-state index in [1.165, 1.54) is 6.20 Å². The van der Waals surface area contributed by atoms with Gasteiger partial charge in [0.05, 0.1) is 17.0 Å². The smallest absolute Gasteiger partial charge is 0.326 e. The van der Waals surface area contributed by atoms with Crippen LogP contribution in [0, 0.1) is 19.3 Å². The number of carbonyl (C=O) groups excluding carboxylic acids is 1. The quantitative estimate of drug-likeness (QED) is 0.876. The Hall–Kier alpha value is -2.44. The predicted octanol–water partition coefficient (Wildman–Crippen LogP) is 2.36. The third-order valence-electron chi connectivity index (χ3n) is 3.88. The summed E-state index contributed by atoms with van der Waals surface area (Å²) in [6.45, 7) is 9.73. The molecule has 0 bridgehead atoms. The van der Waals surface area contributed by atoms with Crippen molar-refractivity contribution in [2.45, 2.75) is 53.5 Å². The fourth-order valence-corrected chi connectivity index (χ4v) is 2.46. The van der Waals surface area contributed by atoms with E-state index in [1.807, 2.05) is 33.8 Å². The number of aryl methyl sites for hydroxylation is 2. The van der Waals surface area contributed by atoms with E-state index in [4.69, 9.17) is 0 Å². The monoisotopic (exact) mass is 332 g/mol. The number of fused-ring (bicyclic) bond motifs is 1. The van der Waals surface area contributed by atoms with Crippen LogP contribution >= 0.6 is 0 Å². The molecule has 0 aliphatic carbocycles. The maximum atomic E-state index is 12.5. The van der Waals surface area contributed by atoms with Gasteiger partial charge in [0.15, 0.2) is 5.65 Å². The van der Waals surface area contributed by atoms with E-state index in [0.717, 1.165) is 5.69 Å². The van der Waals surface area contributed by atoms with Crippen LogP contribution < -0.4 is 5.32 Å². The summed E-state index contributed by atoms with van der Waals surface area (Å²) >= 11 is 0. The highest BCUT2D eigenvalue weighted by molar-refractivity contribution is 5.97. The molecule has 0 aliphatic heterocycles. The predicted molar refractivity (Wildman–Crippen MR) is 90.0 cm³/mol. The van der Waals surface area contributed by atoms with Gasteiger partial charge in [-0.1, -0.05) is 20.8 Å². The molecular formula is C17H24N4O3. The molecule has 0 aliphatic rings. The average molecular weight is 332 g/mol. The van der Waals surface area contributed by atoms with Gasteiger partial charge in [-0.3, -0.25) is 4.79 Å². The molecule has 0 saturated carbocycles. The number of aliphatic carboxylic acids is 1. The molecule has 0 fully saturated rings.